The molecule has 0 saturated carbocycles. The molecule has 0 aromatic heterocycles. The minimum Gasteiger partial charge on any atom is -0.497 e. The number of ether oxygens (including phenoxy) is 1. The Hall–Kier alpha value is -1.64. The quantitative estimate of drug-likeness (QED) is 0.714. The second-order valence-electron chi connectivity index (χ2n) is 6.02. The van der Waals surface area contributed by atoms with Gasteiger partial charge in [-0.25, -0.2) is 8.42 Å². The number of hydrogen-bond donors (Lipinski definition) is 1. The largest absolute Gasteiger partial charge is 0.497 e. The van der Waals surface area contributed by atoms with E-state index >= 15 is 0 Å². The number of nitrogens with one attached hydrogen (secondary N) is 1. The summed E-state index contributed by atoms with van der Waals surface area (Å²) in [5.41, 5.74) is 0.858. The Kier molecular flexibility index (Phi) is 7.22. The van der Waals surface area contributed by atoms with E-state index in [1.54, 1.807) is 19.2 Å². The van der Waals surface area contributed by atoms with Crippen molar-refractivity contribution in [1.29, 1.82) is 0 Å². The van der Waals surface area contributed by atoms with E-state index in [2.05, 4.69) is 17.1 Å². The van der Waals surface area contributed by atoms with E-state index < -0.39 is 10.0 Å². The molecule has 1 aromatic rings. The van der Waals surface area contributed by atoms with Crippen molar-refractivity contribution in [2.24, 2.45) is 0 Å². The van der Waals surface area contributed by atoms with Crippen LogP contribution in [-0.2, 0) is 21.2 Å². The maximum atomic E-state index is 12.3. The fourth-order valence-corrected chi connectivity index (χ4v) is 4.10. The van der Waals surface area contributed by atoms with Crippen LogP contribution in [0.3, 0.4) is 0 Å². The highest BCUT2D eigenvalue weighted by Gasteiger charge is 2.26. The summed E-state index contributed by atoms with van der Waals surface area (Å²) in [7, 11) is -1.73. The number of rotatable bonds is 8. The summed E-state index contributed by atoms with van der Waals surface area (Å²) in [6, 6.07) is 7.23. The van der Waals surface area contributed by atoms with Crippen LogP contribution in [-0.4, -0.2) is 75.7 Å². The van der Waals surface area contributed by atoms with Gasteiger partial charge in [-0.15, -0.1) is 0 Å². The number of amides is 1. The van der Waals surface area contributed by atoms with Gasteiger partial charge in [0.1, 0.15) is 5.75 Å². The lowest BCUT2D eigenvalue weighted by molar-refractivity contribution is -0.120. The van der Waals surface area contributed by atoms with E-state index in [4.69, 9.17) is 4.74 Å². The van der Waals surface area contributed by atoms with Gasteiger partial charge in [0, 0.05) is 32.7 Å². The third-order valence-corrected chi connectivity index (χ3v) is 6.25. The number of benzene rings is 1. The van der Waals surface area contributed by atoms with Gasteiger partial charge in [-0.3, -0.25) is 4.79 Å². The Morgan fingerprint density at radius 3 is 2.36 bits per heavy atom. The lowest BCUT2D eigenvalue weighted by Gasteiger charge is -2.33. The SMILES string of the molecule is CCN1CCN(S(=O)(=O)CCNC(=O)Cc2ccc(OC)cc2)CC1. The molecule has 1 N–H and O–H groups in total. The second-order valence-corrected chi connectivity index (χ2v) is 8.11. The smallest absolute Gasteiger partial charge is 0.224 e. The lowest BCUT2D eigenvalue weighted by atomic mass is 10.1. The molecule has 0 aliphatic carbocycles. The van der Waals surface area contributed by atoms with E-state index in [0.29, 0.717) is 13.1 Å². The molecule has 140 valence electrons. The van der Waals surface area contributed by atoms with E-state index in [1.165, 1.54) is 4.31 Å². The molecule has 1 aliphatic heterocycles. The Bertz CT molecular complexity index is 653. The number of sulfonamides is 1. The molecule has 1 saturated heterocycles. The Labute approximate surface area is 150 Å². The summed E-state index contributed by atoms with van der Waals surface area (Å²) in [6.45, 7) is 5.72. The number of piperazine rings is 1. The summed E-state index contributed by atoms with van der Waals surface area (Å²) in [4.78, 5) is 14.2. The molecule has 2 rings (SSSR count). The first-order chi connectivity index (χ1) is 11.9. The highest BCUT2D eigenvalue weighted by atomic mass is 32.2. The summed E-state index contributed by atoms with van der Waals surface area (Å²) in [5, 5.41) is 2.69. The fraction of sp³-hybridized carbons (Fsp3) is 0.588. The molecular formula is C17H27N3O4S. The van der Waals surface area contributed by atoms with Crippen LogP contribution in [0, 0.1) is 0 Å². The Morgan fingerprint density at radius 1 is 1.16 bits per heavy atom. The van der Waals surface area contributed by atoms with Crippen molar-refractivity contribution < 1.29 is 17.9 Å². The zero-order valence-electron chi connectivity index (χ0n) is 14.9. The number of carbonyl (C=O) groups excluding carboxylic acids is 1. The van der Waals surface area contributed by atoms with Crippen molar-refractivity contribution in [3.63, 3.8) is 0 Å². The third-order valence-electron chi connectivity index (χ3n) is 4.38. The van der Waals surface area contributed by atoms with Crippen LogP contribution in [0.5, 0.6) is 5.75 Å². The highest BCUT2D eigenvalue weighted by molar-refractivity contribution is 7.89. The van der Waals surface area contributed by atoms with Gasteiger partial charge < -0.3 is 15.0 Å². The molecule has 1 heterocycles. The molecule has 1 amide bonds. The van der Waals surface area contributed by atoms with Crippen LogP contribution < -0.4 is 10.1 Å². The van der Waals surface area contributed by atoms with E-state index in [9.17, 15) is 13.2 Å². The summed E-state index contributed by atoms with van der Waals surface area (Å²) >= 11 is 0. The molecule has 7 nitrogen and oxygen atoms in total. The van der Waals surface area contributed by atoms with E-state index in [-0.39, 0.29) is 24.6 Å². The van der Waals surface area contributed by atoms with E-state index in [0.717, 1.165) is 30.9 Å². The van der Waals surface area contributed by atoms with Crippen molar-refractivity contribution in [3.05, 3.63) is 29.8 Å². The maximum absolute atomic E-state index is 12.3. The molecule has 1 aromatic carbocycles. The molecule has 25 heavy (non-hydrogen) atoms. The summed E-state index contributed by atoms with van der Waals surface area (Å²) in [5.74, 6) is 0.489. The molecule has 8 heteroatoms. The zero-order valence-corrected chi connectivity index (χ0v) is 15.7. The number of hydrogen-bond acceptors (Lipinski definition) is 5. The lowest BCUT2D eigenvalue weighted by Crippen LogP contribution is -2.49. The molecule has 0 unspecified atom stereocenters. The molecule has 1 fully saturated rings. The topological polar surface area (TPSA) is 79.0 Å². The maximum Gasteiger partial charge on any atom is 0.224 e. The minimum atomic E-state index is -3.32. The van der Waals surface area contributed by atoms with Gasteiger partial charge in [0.05, 0.1) is 19.3 Å². The predicted molar refractivity (Wildman–Crippen MR) is 97.2 cm³/mol. The highest BCUT2D eigenvalue weighted by Crippen LogP contribution is 2.11. The van der Waals surface area contributed by atoms with Crippen LogP contribution in [0.15, 0.2) is 24.3 Å². The number of nitrogens with zero attached hydrogens (tertiary/aromatic N) is 2. The average molecular weight is 369 g/mol. The van der Waals surface area contributed by atoms with Gasteiger partial charge in [0.2, 0.25) is 15.9 Å². The van der Waals surface area contributed by atoms with Crippen LogP contribution in [0.2, 0.25) is 0 Å². The van der Waals surface area contributed by atoms with Gasteiger partial charge in [-0.2, -0.15) is 4.31 Å². The van der Waals surface area contributed by atoms with Gasteiger partial charge in [0.15, 0.2) is 0 Å². The van der Waals surface area contributed by atoms with Crippen LogP contribution in [0.4, 0.5) is 0 Å². The van der Waals surface area contributed by atoms with Crippen LogP contribution >= 0.6 is 0 Å². The fourth-order valence-electron chi connectivity index (χ4n) is 2.76. The van der Waals surface area contributed by atoms with Gasteiger partial charge in [-0.05, 0) is 24.2 Å². The van der Waals surface area contributed by atoms with Gasteiger partial charge >= 0.3 is 0 Å². The van der Waals surface area contributed by atoms with Crippen molar-refractivity contribution >= 4 is 15.9 Å². The molecular weight excluding hydrogens is 342 g/mol. The first kappa shape index (κ1) is 19.7. The second kappa shape index (κ2) is 9.17. The van der Waals surface area contributed by atoms with Crippen molar-refractivity contribution in [2.75, 3.05) is 52.1 Å². The molecule has 0 atom stereocenters. The summed E-state index contributed by atoms with van der Waals surface area (Å²) in [6.07, 6.45) is 0.221. The average Bonchev–Trinajstić information content (AvgIpc) is 2.62. The number of methoxy groups -OCH3 is 1. The third kappa shape index (κ3) is 5.98. The van der Waals surface area contributed by atoms with Gasteiger partial charge in [-0.1, -0.05) is 19.1 Å². The first-order valence-electron chi connectivity index (χ1n) is 8.54. The Balaban J connectivity index is 1.74. The van der Waals surface area contributed by atoms with Crippen molar-refractivity contribution in [1.82, 2.24) is 14.5 Å². The normalized spacial score (nSPS) is 16.6. The predicted octanol–water partition coefficient (Wildman–Crippen LogP) is 0.321. The van der Waals surface area contributed by atoms with Gasteiger partial charge in [0.25, 0.3) is 0 Å². The molecule has 0 bridgehead atoms. The van der Waals surface area contributed by atoms with Crippen molar-refractivity contribution in [3.8, 4) is 5.75 Å². The first-order valence-corrected chi connectivity index (χ1v) is 10.2. The molecule has 1 aliphatic rings. The molecule has 0 radical (unpaired) electrons. The van der Waals surface area contributed by atoms with Crippen LogP contribution in [0.1, 0.15) is 12.5 Å². The minimum absolute atomic E-state index is 0.0620. The number of likely N-dealkylation sites (N-methyl/N-ethyl adjacent to an activating group) is 1. The molecule has 0 spiro atoms. The standard InChI is InChI=1S/C17H27N3O4S/c1-3-19-9-11-20(12-10-19)25(22,23)13-8-18-17(21)14-15-4-6-16(24-2)7-5-15/h4-7H,3,8-14H2,1-2H3,(H,18,21). The van der Waals surface area contributed by atoms with E-state index in [1.807, 2.05) is 12.1 Å². The Morgan fingerprint density at radius 2 is 1.80 bits per heavy atom. The van der Waals surface area contributed by atoms with Crippen molar-refractivity contribution in [2.45, 2.75) is 13.3 Å². The number of carbonyl (C=O) groups is 1. The monoisotopic (exact) mass is 369 g/mol. The zero-order chi connectivity index (χ0) is 18.3. The summed E-state index contributed by atoms with van der Waals surface area (Å²) < 4.78 is 31.3. The van der Waals surface area contributed by atoms with Crippen LogP contribution in [0.25, 0.3) is 0 Å².